The molecule has 20 heteroatoms. The molecule has 79 heavy (non-hydrogen) atoms. The number of aryl methyl sites for hydroxylation is 2. The second-order valence-electron chi connectivity index (χ2n) is 23.2. The Labute approximate surface area is 456 Å². The van der Waals surface area contributed by atoms with Crippen molar-refractivity contribution in [1.82, 2.24) is 69.0 Å². The van der Waals surface area contributed by atoms with Crippen LogP contribution < -0.4 is 5.32 Å². The van der Waals surface area contributed by atoms with Gasteiger partial charge in [-0.1, -0.05) is 0 Å². The number of fused-ring (bicyclic) bond motifs is 4. The number of rotatable bonds is 12. The molecule has 4 saturated heterocycles. The number of halogens is 4. The first kappa shape index (κ1) is 53.7. The first-order valence-electron chi connectivity index (χ1n) is 27.1. The van der Waals surface area contributed by atoms with E-state index in [-0.39, 0.29) is 35.3 Å². The summed E-state index contributed by atoms with van der Waals surface area (Å²) in [6.07, 6.45) is 10.1. The van der Waals surface area contributed by atoms with Crippen molar-refractivity contribution < 1.29 is 27.1 Å². The Morgan fingerprint density at radius 1 is 0.608 bits per heavy atom. The monoisotopic (exact) mass is 1080 g/mol. The van der Waals surface area contributed by atoms with Crippen molar-refractivity contribution in [3.8, 4) is 22.3 Å². The molecule has 8 aromatic rings. The smallest absolute Gasteiger partial charge is 0.410 e. The summed E-state index contributed by atoms with van der Waals surface area (Å²) in [6, 6.07) is 10.5. The van der Waals surface area contributed by atoms with Gasteiger partial charge in [0.2, 0.25) is 0 Å². The summed E-state index contributed by atoms with van der Waals surface area (Å²) in [7, 11) is 0. The van der Waals surface area contributed by atoms with Crippen molar-refractivity contribution in [3.63, 3.8) is 0 Å². The lowest BCUT2D eigenvalue weighted by molar-refractivity contribution is -0.0164. The minimum Gasteiger partial charge on any atom is -0.444 e. The molecule has 2 aromatic carbocycles. The highest BCUT2D eigenvalue weighted by Gasteiger charge is 2.49. The van der Waals surface area contributed by atoms with Crippen LogP contribution in [-0.4, -0.2) is 127 Å². The molecule has 0 spiro atoms. The molecule has 6 aromatic heterocycles. The molecule has 10 heterocycles. The van der Waals surface area contributed by atoms with Gasteiger partial charge in [-0.2, -0.15) is 0 Å². The molecule has 16 nitrogen and oxygen atoms in total. The number of amides is 1. The molecule has 12 rings (SSSR count). The van der Waals surface area contributed by atoms with E-state index in [4.69, 9.17) is 4.74 Å². The molecule has 1 N–H and O–H groups in total. The Hall–Kier alpha value is -7.29. The molecular weight excluding hydrogens is 1010 g/mol. The van der Waals surface area contributed by atoms with Crippen molar-refractivity contribution in [1.29, 1.82) is 0 Å². The van der Waals surface area contributed by atoms with Crippen LogP contribution in [0.3, 0.4) is 0 Å². The number of carbonyl (C=O) groups is 1. The van der Waals surface area contributed by atoms with E-state index in [2.05, 4.69) is 55.0 Å². The van der Waals surface area contributed by atoms with Crippen molar-refractivity contribution in [3.05, 3.63) is 143 Å². The summed E-state index contributed by atoms with van der Waals surface area (Å²) in [5, 5.41) is 3.47. The Balaban J connectivity index is 0.000000170. The van der Waals surface area contributed by atoms with E-state index in [1.807, 2.05) is 88.7 Å². The Morgan fingerprint density at radius 3 is 1.49 bits per heavy atom. The maximum atomic E-state index is 15.1. The number of carbonyl (C=O) groups excluding carboxylic acids is 1. The van der Waals surface area contributed by atoms with Crippen LogP contribution in [0.15, 0.2) is 73.6 Å². The lowest BCUT2D eigenvalue weighted by atomic mass is 9.93. The van der Waals surface area contributed by atoms with E-state index in [0.717, 1.165) is 74.9 Å². The average Bonchev–Trinajstić information content (AvgIpc) is 4.31. The van der Waals surface area contributed by atoms with Gasteiger partial charge in [0.25, 0.3) is 0 Å². The van der Waals surface area contributed by atoms with E-state index in [1.54, 1.807) is 36.7 Å². The number of hydrogen-bond acceptors (Lipinski definition) is 13. The van der Waals surface area contributed by atoms with E-state index < -0.39 is 28.9 Å². The first-order chi connectivity index (χ1) is 37.7. The third kappa shape index (κ3) is 11.2. The van der Waals surface area contributed by atoms with Crippen LogP contribution in [0.2, 0.25) is 0 Å². The highest BCUT2D eigenvalue weighted by molar-refractivity contribution is 5.85. The molecule has 0 radical (unpaired) electrons. The van der Waals surface area contributed by atoms with Crippen molar-refractivity contribution in [2.45, 2.75) is 118 Å². The zero-order valence-corrected chi connectivity index (χ0v) is 46.1. The van der Waals surface area contributed by atoms with Crippen LogP contribution in [0.1, 0.15) is 106 Å². The first-order valence-corrected chi connectivity index (χ1v) is 27.1. The molecule has 4 aliphatic heterocycles. The van der Waals surface area contributed by atoms with Crippen LogP contribution in [0, 0.1) is 49.0 Å². The third-order valence-electron chi connectivity index (χ3n) is 15.4. The Kier molecular flexibility index (Phi) is 14.5. The third-order valence-corrected chi connectivity index (χ3v) is 15.4. The lowest BCUT2D eigenvalue weighted by Crippen LogP contribution is -2.59. The van der Waals surface area contributed by atoms with Crippen molar-refractivity contribution in [2.75, 3.05) is 39.3 Å². The number of aromatic nitrogens is 10. The SMILES string of the molecule is Cc1nc2c(F)cc(-c3cc(Cc4ncc(CN5C[C@@H]6CN(C(=O)OC(C)(C)C)[C@@H]6C5)cn4)ncc3F)cc2n1C(C)C.Cc1nc2c(F)cc(-c3cc(Cc4ncc(CN5C[C@@H]6CN[C@@H]6C5)cn4)ncc3F)cc2n1C(C)C. The number of nitrogens with one attached hydrogen (secondary N) is 1. The van der Waals surface area contributed by atoms with E-state index >= 15 is 4.39 Å². The molecule has 0 unspecified atom stereocenters. The topological polar surface area (TPSA) is 161 Å². The number of ether oxygens (including phenoxy) is 1. The van der Waals surface area contributed by atoms with E-state index in [1.165, 1.54) is 18.3 Å². The van der Waals surface area contributed by atoms with Crippen LogP contribution in [0.25, 0.3) is 44.3 Å². The van der Waals surface area contributed by atoms with Gasteiger partial charge in [0.1, 0.15) is 51.6 Å². The van der Waals surface area contributed by atoms with Gasteiger partial charge in [-0.15, -0.1) is 0 Å². The number of benzene rings is 2. The van der Waals surface area contributed by atoms with Crippen molar-refractivity contribution >= 4 is 28.2 Å². The largest absolute Gasteiger partial charge is 0.444 e. The maximum absolute atomic E-state index is 15.1. The van der Waals surface area contributed by atoms with Gasteiger partial charge >= 0.3 is 6.09 Å². The fraction of sp³-hybridized carbons (Fsp3) is 0.441. The highest BCUT2D eigenvalue weighted by Crippen LogP contribution is 2.36. The Morgan fingerprint density at radius 2 is 1.08 bits per heavy atom. The number of nitrogens with zero attached hydrogens (tertiary/aromatic N) is 13. The molecule has 4 atom stereocenters. The molecule has 4 fully saturated rings. The summed E-state index contributed by atoms with van der Waals surface area (Å²) >= 11 is 0. The zero-order chi connectivity index (χ0) is 55.6. The molecule has 412 valence electrons. The normalized spacial score (nSPS) is 19.2. The number of likely N-dealkylation sites (tertiary alicyclic amines) is 3. The van der Waals surface area contributed by atoms with Gasteiger partial charge in [-0.05, 0) is 110 Å². The molecular formula is C59H66F4N14O2. The molecule has 0 saturated carbocycles. The minimum absolute atomic E-state index is 0.0742. The number of pyridine rings is 2. The van der Waals surface area contributed by atoms with Gasteiger partial charge in [-0.3, -0.25) is 19.8 Å². The predicted octanol–water partition coefficient (Wildman–Crippen LogP) is 9.75. The second-order valence-corrected chi connectivity index (χ2v) is 23.2. The summed E-state index contributed by atoms with van der Waals surface area (Å²) in [5.41, 5.74) is 6.04. The fourth-order valence-corrected chi connectivity index (χ4v) is 11.8. The van der Waals surface area contributed by atoms with E-state index in [9.17, 15) is 18.0 Å². The summed E-state index contributed by atoms with van der Waals surface area (Å²) < 4.78 is 69.3. The summed E-state index contributed by atoms with van der Waals surface area (Å²) in [5.74, 6) is 1.83. The minimum atomic E-state index is -0.532. The molecule has 0 bridgehead atoms. The van der Waals surface area contributed by atoms with Crippen LogP contribution in [0.4, 0.5) is 22.4 Å². The van der Waals surface area contributed by atoms with Crippen LogP contribution >= 0.6 is 0 Å². The van der Waals surface area contributed by atoms with Crippen molar-refractivity contribution in [2.24, 2.45) is 11.8 Å². The molecule has 0 aliphatic carbocycles. The number of imidazole rings is 2. The fourth-order valence-electron chi connectivity index (χ4n) is 11.8. The van der Waals surface area contributed by atoms with Crippen LogP contribution in [-0.2, 0) is 30.7 Å². The Bertz CT molecular complexity index is 3570. The summed E-state index contributed by atoms with van der Waals surface area (Å²) in [4.78, 5) is 54.4. The quantitative estimate of drug-likeness (QED) is 0.115. The highest BCUT2D eigenvalue weighted by atomic mass is 19.1. The standard InChI is InChI=1S/C32H37F2N7O2.C27H29F2N7/c1-18(2)41-19(3)38-30-25(33)7-21(8-27(30)41)24-9-23(35-13-26(24)34)10-29-36-11-20(12-37-29)14-39-15-22-16-40(28(22)17-39)31(42)43-32(4,5)6;1-15(2)36-16(3)34-27-22(28)4-18(5-25(27)36)21-6-20(30-11-23(21)29)7-26-32-8-17(9-33-26)12-35-13-19-10-31-24(19)14-35/h7-9,11-13,18,22,28H,10,14-17H2,1-6H3;4-6,8-9,11,15,19,24,31H,7,10,12-14H2,1-3H3/t22-,28-;19-,24+/m10/s1. The summed E-state index contributed by atoms with van der Waals surface area (Å²) in [6.45, 7) is 24.6. The predicted molar refractivity (Wildman–Crippen MR) is 292 cm³/mol. The average molecular weight is 1080 g/mol. The van der Waals surface area contributed by atoms with Gasteiger partial charge in [-0.25, -0.2) is 52.3 Å². The van der Waals surface area contributed by atoms with Gasteiger partial charge < -0.3 is 24.1 Å². The van der Waals surface area contributed by atoms with Gasteiger partial charge in [0.15, 0.2) is 11.6 Å². The molecule has 1 amide bonds. The van der Waals surface area contributed by atoms with Gasteiger partial charge in [0.05, 0.1) is 42.3 Å². The lowest BCUT2D eigenvalue weighted by Gasteiger charge is -2.43. The van der Waals surface area contributed by atoms with E-state index in [0.29, 0.717) is 93.4 Å². The number of hydrogen-bond donors (Lipinski definition) is 1. The maximum Gasteiger partial charge on any atom is 0.410 e. The van der Waals surface area contributed by atoms with Crippen LogP contribution in [0.5, 0.6) is 0 Å². The van der Waals surface area contributed by atoms with Gasteiger partial charge in [0, 0.05) is 141 Å². The second kappa shape index (κ2) is 21.4. The zero-order valence-electron chi connectivity index (χ0n) is 46.1. The molecule has 4 aliphatic rings.